The van der Waals surface area contributed by atoms with Gasteiger partial charge in [-0.05, 0) is 48.6 Å². The molecule has 5 nitrogen and oxygen atoms in total. The fraction of sp³-hybridized carbons (Fsp3) is 0.381. The molecule has 3 heterocycles. The summed E-state index contributed by atoms with van der Waals surface area (Å²) in [4.78, 5) is 8.45. The quantitative estimate of drug-likeness (QED) is 0.568. The number of ether oxygens (including phenoxy) is 2. The van der Waals surface area contributed by atoms with Crippen LogP contribution in [0.15, 0.2) is 52.5 Å². The summed E-state index contributed by atoms with van der Waals surface area (Å²) in [5, 5.41) is 2.12. The summed E-state index contributed by atoms with van der Waals surface area (Å²) < 4.78 is 16.8. The van der Waals surface area contributed by atoms with Gasteiger partial charge in [-0.25, -0.2) is 4.98 Å². The molecular formula is C21H24N2O3S. The molecule has 0 N–H and O–H groups in total. The van der Waals surface area contributed by atoms with Crippen LogP contribution in [0.25, 0.3) is 11.5 Å². The molecule has 2 aromatic heterocycles. The van der Waals surface area contributed by atoms with Crippen molar-refractivity contribution in [3.63, 3.8) is 0 Å². The normalized spacial score (nSPS) is 16.9. The third-order valence-electron chi connectivity index (χ3n) is 4.72. The summed E-state index contributed by atoms with van der Waals surface area (Å²) in [5.74, 6) is 1.46. The van der Waals surface area contributed by atoms with Gasteiger partial charge in [0.2, 0.25) is 5.89 Å². The zero-order valence-corrected chi connectivity index (χ0v) is 16.3. The van der Waals surface area contributed by atoms with E-state index in [0.29, 0.717) is 12.0 Å². The van der Waals surface area contributed by atoms with Crippen molar-refractivity contribution in [2.45, 2.75) is 32.0 Å². The average Bonchev–Trinajstić information content (AvgIpc) is 3.45. The minimum Gasteiger partial charge on any atom is -0.497 e. The molecule has 1 aliphatic heterocycles. The second kappa shape index (κ2) is 8.69. The largest absolute Gasteiger partial charge is 0.497 e. The van der Waals surface area contributed by atoms with Gasteiger partial charge in [-0.15, -0.1) is 11.3 Å². The molecule has 3 aromatic rings. The van der Waals surface area contributed by atoms with Crippen LogP contribution < -0.4 is 4.74 Å². The van der Waals surface area contributed by atoms with Crippen molar-refractivity contribution in [3.05, 3.63) is 58.6 Å². The lowest BCUT2D eigenvalue weighted by Crippen LogP contribution is -2.31. The van der Waals surface area contributed by atoms with Gasteiger partial charge in [0, 0.05) is 36.7 Å². The van der Waals surface area contributed by atoms with Crippen molar-refractivity contribution in [1.29, 1.82) is 0 Å². The van der Waals surface area contributed by atoms with Gasteiger partial charge in [0.15, 0.2) is 0 Å². The summed E-state index contributed by atoms with van der Waals surface area (Å²) in [7, 11) is 1.66. The Kier molecular flexibility index (Phi) is 5.87. The Labute approximate surface area is 163 Å². The summed E-state index contributed by atoms with van der Waals surface area (Å²) in [6, 6.07) is 12.0. The Hall–Kier alpha value is -2.15. The lowest BCUT2D eigenvalue weighted by atomic mass is 10.2. The number of methoxy groups -OCH3 is 1. The van der Waals surface area contributed by atoms with E-state index in [1.165, 1.54) is 4.88 Å². The standard InChI is InChI=1S/C21H24N2O3S/c1-24-18-8-6-16(7-9-18)21-22-17(15-26-21)12-23(13-19-4-2-10-25-19)14-20-5-3-11-27-20/h3,5-9,11,15,19H,2,4,10,12-14H2,1H3. The SMILES string of the molecule is COc1ccc(-c2nc(CN(Cc3cccs3)CC3CCCO3)co2)cc1. The number of oxazole rings is 1. The van der Waals surface area contributed by atoms with E-state index in [1.807, 2.05) is 24.3 Å². The van der Waals surface area contributed by atoms with Crippen LogP contribution in [0.4, 0.5) is 0 Å². The van der Waals surface area contributed by atoms with E-state index in [0.717, 1.165) is 56.1 Å². The van der Waals surface area contributed by atoms with Crippen molar-refractivity contribution in [1.82, 2.24) is 9.88 Å². The zero-order chi connectivity index (χ0) is 18.5. The fourth-order valence-corrected chi connectivity index (χ4v) is 4.11. The number of hydrogen-bond donors (Lipinski definition) is 0. The second-order valence-electron chi connectivity index (χ2n) is 6.76. The van der Waals surface area contributed by atoms with Gasteiger partial charge in [0.1, 0.15) is 12.0 Å². The molecule has 6 heteroatoms. The van der Waals surface area contributed by atoms with Crippen LogP contribution in [0.1, 0.15) is 23.4 Å². The number of nitrogens with zero attached hydrogens (tertiary/aromatic N) is 2. The monoisotopic (exact) mass is 384 g/mol. The van der Waals surface area contributed by atoms with Crippen LogP contribution in [-0.2, 0) is 17.8 Å². The maximum Gasteiger partial charge on any atom is 0.226 e. The molecule has 4 rings (SSSR count). The van der Waals surface area contributed by atoms with E-state index in [9.17, 15) is 0 Å². The van der Waals surface area contributed by atoms with E-state index in [-0.39, 0.29) is 0 Å². The predicted molar refractivity (Wildman–Crippen MR) is 106 cm³/mol. The molecule has 27 heavy (non-hydrogen) atoms. The molecule has 1 aliphatic rings. The summed E-state index contributed by atoms with van der Waals surface area (Å²) >= 11 is 1.79. The Bertz CT molecular complexity index is 824. The lowest BCUT2D eigenvalue weighted by molar-refractivity contribution is 0.0678. The molecule has 1 atom stereocenters. The highest BCUT2D eigenvalue weighted by molar-refractivity contribution is 7.09. The molecule has 1 aromatic carbocycles. The first-order chi connectivity index (χ1) is 13.3. The van der Waals surface area contributed by atoms with Crippen LogP contribution in [0.2, 0.25) is 0 Å². The smallest absolute Gasteiger partial charge is 0.226 e. The second-order valence-corrected chi connectivity index (χ2v) is 7.79. The third-order valence-corrected chi connectivity index (χ3v) is 5.58. The van der Waals surface area contributed by atoms with Crippen LogP contribution in [0, 0.1) is 0 Å². The zero-order valence-electron chi connectivity index (χ0n) is 15.5. The van der Waals surface area contributed by atoms with Crippen molar-refractivity contribution < 1.29 is 13.9 Å². The van der Waals surface area contributed by atoms with Crippen LogP contribution in [0.3, 0.4) is 0 Å². The van der Waals surface area contributed by atoms with E-state index >= 15 is 0 Å². The van der Waals surface area contributed by atoms with Crippen LogP contribution >= 0.6 is 11.3 Å². The van der Waals surface area contributed by atoms with E-state index in [1.54, 1.807) is 24.7 Å². The number of hydrogen-bond acceptors (Lipinski definition) is 6. The maximum atomic E-state index is 5.84. The van der Waals surface area contributed by atoms with Crippen LogP contribution in [-0.4, -0.2) is 36.2 Å². The highest BCUT2D eigenvalue weighted by atomic mass is 32.1. The molecule has 0 aliphatic carbocycles. The minimum absolute atomic E-state index is 0.318. The van der Waals surface area contributed by atoms with E-state index < -0.39 is 0 Å². The molecule has 0 saturated carbocycles. The Morgan fingerprint density at radius 1 is 1.22 bits per heavy atom. The van der Waals surface area contributed by atoms with E-state index in [2.05, 4.69) is 22.4 Å². The average molecular weight is 385 g/mol. The summed E-state index contributed by atoms with van der Waals surface area (Å²) in [5.41, 5.74) is 1.89. The van der Waals surface area contributed by atoms with Crippen molar-refractivity contribution in [2.24, 2.45) is 0 Å². The number of thiophene rings is 1. The lowest BCUT2D eigenvalue weighted by Gasteiger charge is -2.23. The highest BCUT2D eigenvalue weighted by Gasteiger charge is 2.21. The molecule has 0 amide bonds. The molecule has 142 valence electrons. The Morgan fingerprint density at radius 2 is 2.11 bits per heavy atom. The van der Waals surface area contributed by atoms with Gasteiger partial charge in [0.05, 0.1) is 18.9 Å². The molecule has 0 spiro atoms. The van der Waals surface area contributed by atoms with Gasteiger partial charge in [0.25, 0.3) is 0 Å². The van der Waals surface area contributed by atoms with Crippen molar-refractivity contribution in [2.75, 3.05) is 20.3 Å². The van der Waals surface area contributed by atoms with E-state index in [4.69, 9.17) is 18.9 Å². The maximum absolute atomic E-state index is 5.84. The van der Waals surface area contributed by atoms with Crippen LogP contribution in [0.5, 0.6) is 5.75 Å². The topological polar surface area (TPSA) is 47.7 Å². The summed E-state index contributed by atoms with van der Waals surface area (Å²) in [6.07, 6.45) is 4.37. The first-order valence-corrected chi connectivity index (χ1v) is 10.1. The summed E-state index contributed by atoms with van der Waals surface area (Å²) in [6.45, 7) is 3.45. The number of rotatable bonds is 8. The first-order valence-electron chi connectivity index (χ1n) is 9.25. The highest BCUT2D eigenvalue weighted by Crippen LogP contribution is 2.23. The van der Waals surface area contributed by atoms with Crippen molar-refractivity contribution >= 4 is 11.3 Å². The number of aromatic nitrogens is 1. The minimum atomic E-state index is 0.318. The fourth-order valence-electron chi connectivity index (χ4n) is 3.36. The predicted octanol–water partition coefficient (Wildman–Crippen LogP) is 4.59. The van der Waals surface area contributed by atoms with Gasteiger partial charge >= 0.3 is 0 Å². The molecule has 1 fully saturated rings. The first kappa shape index (κ1) is 18.2. The third kappa shape index (κ3) is 4.77. The number of benzene rings is 1. The molecular weight excluding hydrogens is 360 g/mol. The van der Waals surface area contributed by atoms with Gasteiger partial charge in [-0.3, -0.25) is 4.90 Å². The molecule has 1 unspecified atom stereocenters. The Morgan fingerprint density at radius 3 is 2.81 bits per heavy atom. The molecule has 0 radical (unpaired) electrons. The van der Waals surface area contributed by atoms with Gasteiger partial charge < -0.3 is 13.9 Å². The molecule has 0 bridgehead atoms. The van der Waals surface area contributed by atoms with Crippen molar-refractivity contribution in [3.8, 4) is 17.2 Å². The van der Waals surface area contributed by atoms with Gasteiger partial charge in [-0.2, -0.15) is 0 Å². The molecule has 1 saturated heterocycles. The Balaban J connectivity index is 1.45. The van der Waals surface area contributed by atoms with Gasteiger partial charge in [-0.1, -0.05) is 6.07 Å².